The number of tetrazole rings is 1. The number of halogens is 1. The van der Waals surface area contributed by atoms with Gasteiger partial charge in [-0.05, 0) is 41.0 Å². The molecule has 2 heterocycles. The molecule has 0 radical (unpaired) electrons. The predicted octanol–water partition coefficient (Wildman–Crippen LogP) is 4.91. The summed E-state index contributed by atoms with van der Waals surface area (Å²) in [5, 5.41) is 17.0. The molecular weight excluding hydrogens is 536 g/mol. The molecule has 9 nitrogen and oxygen atoms in total. The number of nitrogens with one attached hydrogen (secondary N) is 2. The van der Waals surface area contributed by atoms with Crippen molar-refractivity contribution in [2.75, 3.05) is 0 Å². The Hall–Kier alpha value is -4.31. The highest BCUT2D eigenvalue weighted by atomic mass is 79.9. The van der Waals surface area contributed by atoms with E-state index in [9.17, 15) is 9.59 Å². The molecule has 1 aliphatic heterocycles. The Kier molecular flexibility index (Phi) is 7.09. The number of urea groups is 1. The second kappa shape index (κ2) is 10.8. The third-order valence-electron chi connectivity index (χ3n) is 6.13. The van der Waals surface area contributed by atoms with Gasteiger partial charge in [0.25, 0.3) is 0 Å². The van der Waals surface area contributed by atoms with Gasteiger partial charge in [0.1, 0.15) is 6.61 Å². The van der Waals surface area contributed by atoms with Crippen LogP contribution in [-0.4, -0.2) is 37.5 Å². The van der Waals surface area contributed by atoms with E-state index in [0.717, 1.165) is 26.7 Å². The van der Waals surface area contributed by atoms with Crippen LogP contribution in [0.2, 0.25) is 0 Å². The molecule has 0 fully saturated rings. The molecule has 0 aliphatic carbocycles. The molecule has 2 amide bonds. The van der Waals surface area contributed by atoms with Crippen molar-refractivity contribution in [3.8, 4) is 11.4 Å². The van der Waals surface area contributed by atoms with E-state index in [1.54, 1.807) is 11.8 Å². The summed E-state index contributed by atoms with van der Waals surface area (Å²) in [5.74, 6) is 0.00542. The van der Waals surface area contributed by atoms with Crippen LogP contribution in [0.25, 0.3) is 11.4 Å². The van der Waals surface area contributed by atoms with Crippen LogP contribution in [0.5, 0.6) is 0 Å². The van der Waals surface area contributed by atoms with Crippen molar-refractivity contribution in [3.63, 3.8) is 0 Å². The van der Waals surface area contributed by atoms with Crippen LogP contribution in [-0.2, 0) is 22.7 Å². The minimum atomic E-state index is -0.638. The summed E-state index contributed by atoms with van der Waals surface area (Å²) in [6.07, 6.45) is 0. The standard InChI is InChI=1S/C27H23BrN6O3/c1-17-23(26(35)37-16-19-5-3-2-4-6-19)24(20-11-13-22(28)14-12-20)29-27(36)34(17)15-18-7-9-21(10-8-18)25-30-32-33-31-25/h2-14,24H,15-16H2,1H3,(H,29,36)(H,30,31,32,33). The number of amides is 2. The fourth-order valence-electron chi connectivity index (χ4n) is 4.17. The Labute approximate surface area is 221 Å². The predicted molar refractivity (Wildman–Crippen MR) is 140 cm³/mol. The topological polar surface area (TPSA) is 113 Å². The lowest BCUT2D eigenvalue weighted by molar-refractivity contribution is -0.141. The van der Waals surface area contributed by atoms with Gasteiger partial charge in [-0.15, -0.1) is 10.2 Å². The van der Waals surface area contributed by atoms with Crippen molar-refractivity contribution in [2.45, 2.75) is 26.1 Å². The summed E-state index contributed by atoms with van der Waals surface area (Å²) in [6.45, 7) is 2.18. The third-order valence-corrected chi connectivity index (χ3v) is 6.66. The van der Waals surface area contributed by atoms with E-state index < -0.39 is 12.0 Å². The molecule has 1 aliphatic rings. The molecular formula is C27H23BrN6O3. The van der Waals surface area contributed by atoms with Gasteiger partial charge in [-0.25, -0.2) is 9.59 Å². The highest BCUT2D eigenvalue weighted by Crippen LogP contribution is 2.33. The van der Waals surface area contributed by atoms with Gasteiger partial charge in [-0.1, -0.05) is 82.7 Å². The Balaban J connectivity index is 1.44. The van der Waals surface area contributed by atoms with Gasteiger partial charge in [0, 0.05) is 15.7 Å². The van der Waals surface area contributed by atoms with Crippen molar-refractivity contribution in [3.05, 3.63) is 111 Å². The van der Waals surface area contributed by atoms with Gasteiger partial charge in [0.05, 0.1) is 18.2 Å². The molecule has 1 atom stereocenters. The molecule has 4 aromatic rings. The highest BCUT2D eigenvalue weighted by Gasteiger charge is 2.36. The first kappa shape index (κ1) is 24.4. The summed E-state index contributed by atoms with van der Waals surface area (Å²) >= 11 is 3.44. The number of hydrogen-bond donors (Lipinski definition) is 2. The maximum absolute atomic E-state index is 13.4. The largest absolute Gasteiger partial charge is 0.457 e. The molecule has 10 heteroatoms. The lowest BCUT2D eigenvalue weighted by atomic mass is 9.94. The van der Waals surface area contributed by atoms with Gasteiger partial charge < -0.3 is 10.1 Å². The fourth-order valence-corrected chi connectivity index (χ4v) is 4.43. The van der Waals surface area contributed by atoms with E-state index in [1.807, 2.05) is 78.9 Å². The second-order valence-electron chi connectivity index (χ2n) is 8.51. The first-order valence-corrected chi connectivity index (χ1v) is 12.4. The Morgan fingerprint density at radius 1 is 1.00 bits per heavy atom. The number of H-pyrrole nitrogens is 1. The summed E-state index contributed by atoms with van der Waals surface area (Å²) in [5.41, 5.74) is 4.27. The third kappa shape index (κ3) is 5.44. The van der Waals surface area contributed by atoms with Crippen LogP contribution >= 0.6 is 15.9 Å². The minimum Gasteiger partial charge on any atom is -0.457 e. The number of esters is 1. The average molecular weight is 559 g/mol. The Morgan fingerprint density at radius 3 is 2.41 bits per heavy atom. The van der Waals surface area contributed by atoms with E-state index in [1.165, 1.54) is 0 Å². The molecule has 0 bridgehead atoms. The molecule has 2 N–H and O–H groups in total. The normalized spacial score (nSPS) is 15.5. The molecule has 3 aromatic carbocycles. The molecule has 5 rings (SSSR count). The highest BCUT2D eigenvalue weighted by molar-refractivity contribution is 9.10. The first-order chi connectivity index (χ1) is 18.0. The number of rotatable bonds is 7. The smallest absolute Gasteiger partial charge is 0.338 e. The van der Waals surface area contributed by atoms with E-state index in [4.69, 9.17) is 4.74 Å². The molecule has 1 unspecified atom stereocenters. The number of allylic oxidation sites excluding steroid dienone is 1. The summed E-state index contributed by atoms with van der Waals surface area (Å²) in [6, 6.07) is 23.6. The maximum Gasteiger partial charge on any atom is 0.338 e. The van der Waals surface area contributed by atoms with Crippen LogP contribution in [0.3, 0.4) is 0 Å². The average Bonchev–Trinajstić information content (AvgIpc) is 3.46. The quantitative estimate of drug-likeness (QED) is 0.311. The molecule has 0 saturated carbocycles. The second-order valence-corrected chi connectivity index (χ2v) is 9.43. The van der Waals surface area contributed by atoms with Crippen molar-refractivity contribution in [1.29, 1.82) is 0 Å². The van der Waals surface area contributed by atoms with E-state index >= 15 is 0 Å². The Morgan fingerprint density at radius 2 is 1.73 bits per heavy atom. The number of carbonyl (C=O) groups excluding carboxylic acids is 2. The van der Waals surface area contributed by atoms with Gasteiger partial charge in [-0.2, -0.15) is 5.21 Å². The van der Waals surface area contributed by atoms with Crippen molar-refractivity contribution >= 4 is 27.9 Å². The van der Waals surface area contributed by atoms with Crippen LogP contribution in [0.4, 0.5) is 4.79 Å². The minimum absolute atomic E-state index is 0.134. The summed E-state index contributed by atoms with van der Waals surface area (Å²) in [4.78, 5) is 28.2. The number of ether oxygens (including phenoxy) is 1. The number of aromatic amines is 1. The lowest BCUT2D eigenvalue weighted by Crippen LogP contribution is -2.47. The van der Waals surface area contributed by atoms with Gasteiger partial charge in [-0.3, -0.25) is 4.90 Å². The molecule has 1 aromatic heterocycles. The SMILES string of the molecule is CC1=C(C(=O)OCc2ccccc2)C(c2ccc(Br)cc2)NC(=O)N1Cc1ccc(-c2nn[nH]n2)cc1. The number of nitrogens with zero attached hydrogens (tertiary/aromatic N) is 4. The van der Waals surface area contributed by atoms with E-state index in [0.29, 0.717) is 17.1 Å². The first-order valence-electron chi connectivity index (χ1n) is 11.6. The zero-order chi connectivity index (χ0) is 25.8. The molecule has 186 valence electrons. The lowest BCUT2D eigenvalue weighted by Gasteiger charge is -2.35. The summed E-state index contributed by atoms with van der Waals surface area (Å²) < 4.78 is 6.60. The van der Waals surface area contributed by atoms with Gasteiger partial charge >= 0.3 is 12.0 Å². The monoisotopic (exact) mass is 558 g/mol. The Bertz CT molecular complexity index is 1420. The van der Waals surface area contributed by atoms with Crippen molar-refractivity contribution in [2.24, 2.45) is 0 Å². The van der Waals surface area contributed by atoms with Crippen LogP contribution in [0.1, 0.15) is 29.7 Å². The maximum atomic E-state index is 13.4. The van der Waals surface area contributed by atoms with Crippen molar-refractivity contribution < 1.29 is 14.3 Å². The molecule has 0 saturated heterocycles. The van der Waals surface area contributed by atoms with Crippen LogP contribution in [0.15, 0.2) is 94.6 Å². The zero-order valence-corrected chi connectivity index (χ0v) is 21.5. The van der Waals surface area contributed by atoms with Crippen LogP contribution in [0, 0.1) is 0 Å². The zero-order valence-electron chi connectivity index (χ0n) is 19.9. The van der Waals surface area contributed by atoms with Crippen molar-refractivity contribution in [1.82, 2.24) is 30.8 Å². The number of aromatic nitrogens is 4. The number of carbonyl (C=O) groups is 2. The van der Waals surface area contributed by atoms with E-state index in [2.05, 4.69) is 41.9 Å². The fraction of sp³-hybridized carbons (Fsp3) is 0.148. The molecule has 37 heavy (non-hydrogen) atoms. The molecule has 0 spiro atoms. The van der Waals surface area contributed by atoms with Crippen LogP contribution < -0.4 is 5.32 Å². The number of benzene rings is 3. The number of hydrogen-bond acceptors (Lipinski definition) is 6. The van der Waals surface area contributed by atoms with Gasteiger partial charge in [0.2, 0.25) is 5.82 Å². The van der Waals surface area contributed by atoms with E-state index in [-0.39, 0.29) is 19.2 Å². The van der Waals surface area contributed by atoms with Gasteiger partial charge in [0.15, 0.2) is 0 Å². The summed E-state index contributed by atoms with van der Waals surface area (Å²) in [7, 11) is 0.